The zero-order valence-corrected chi connectivity index (χ0v) is 11.7. The first-order chi connectivity index (χ1) is 9.69. The SMILES string of the molecule is CCOC(=O)C1(CCc2ccncc2)CCCNC1=O. The molecule has 5 nitrogen and oxygen atoms in total. The van der Waals surface area contributed by atoms with Gasteiger partial charge >= 0.3 is 5.97 Å². The van der Waals surface area contributed by atoms with E-state index in [2.05, 4.69) is 10.3 Å². The topological polar surface area (TPSA) is 68.3 Å². The van der Waals surface area contributed by atoms with Crippen molar-refractivity contribution in [2.45, 2.75) is 32.6 Å². The van der Waals surface area contributed by atoms with Gasteiger partial charge in [-0.1, -0.05) is 0 Å². The summed E-state index contributed by atoms with van der Waals surface area (Å²) in [5, 5.41) is 2.80. The third-order valence-corrected chi connectivity index (χ3v) is 3.76. The van der Waals surface area contributed by atoms with Crippen LogP contribution >= 0.6 is 0 Å². The van der Waals surface area contributed by atoms with E-state index in [1.165, 1.54) is 0 Å². The Hall–Kier alpha value is -1.91. The van der Waals surface area contributed by atoms with Gasteiger partial charge in [0.25, 0.3) is 0 Å². The van der Waals surface area contributed by atoms with Gasteiger partial charge in [-0.25, -0.2) is 0 Å². The van der Waals surface area contributed by atoms with E-state index in [1.54, 1.807) is 19.3 Å². The lowest BCUT2D eigenvalue weighted by Crippen LogP contribution is -2.51. The van der Waals surface area contributed by atoms with Crippen molar-refractivity contribution in [3.05, 3.63) is 30.1 Å². The number of carbonyl (C=O) groups is 2. The van der Waals surface area contributed by atoms with Gasteiger partial charge in [-0.3, -0.25) is 14.6 Å². The Morgan fingerprint density at radius 3 is 2.85 bits per heavy atom. The molecule has 0 saturated carbocycles. The summed E-state index contributed by atoms with van der Waals surface area (Å²) in [5.41, 5.74) is 0.0411. The number of hydrogen-bond acceptors (Lipinski definition) is 4. The minimum Gasteiger partial charge on any atom is -0.465 e. The van der Waals surface area contributed by atoms with Crippen molar-refractivity contribution in [2.24, 2.45) is 5.41 Å². The quantitative estimate of drug-likeness (QED) is 0.653. The fourth-order valence-corrected chi connectivity index (χ4v) is 2.59. The van der Waals surface area contributed by atoms with Gasteiger partial charge in [0.15, 0.2) is 0 Å². The monoisotopic (exact) mass is 276 g/mol. The second-order valence-corrected chi connectivity index (χ2v) is 5.02. The van der Waals surface area contributed by atoms with Crippen LogP contribution in [-0.2, 0) is 20.7 Å². The number of rotatable bonds is 5. The van der Waals surface area contributed by atoms with E-state index in [-0.39, 0.29) is 5.91 Å². The van der Waals surface area contributed by atoms with Crippen LogP contribution in [0.25, 0.3) is 0 Å². The molecule has 0 aliphatic carbocycles. The molecule has 1 amide bonds. The molecule has 1 aliphatic rings. The van der Waals surface area contributed by atoms with Crippen LogP contribution in [0.2, 0.25) is 0 Å². The number of pyridine rings is 1. The fraction of sp³-hybridized carbons (Fsp3) is 0.533. The molecule has 1 saturated heterocycles. The zero-order valence-electron chi connectivity index (χ0n) is 11.7. The maximum absolute atomic E-state index is 12.3. The highest BCUT2D eigenvalue weighted by molar-refractivity contribution is 6.03. The van der Waals surface area contributed by atoms with Gasteiger partial charge in [-0.15, -0.1) is 0 Å². The molecule has 5 heteroatoms. The number of hydrogen-bond donors (Lipinski definition) is 1. The second-order valence-electron chi connectivity index (χ2n) is 5.02. The molecular formula is C15H20N2O3. The number of aryl methyl sites for hydroxylation is 1. The van der Waals surface area contributed by atoms with Crippen LogP contribution in [0.15, 0.2) is 24.5 Å². The maximum atomic E-state index is 12.3. The molecule has 2 heterocycles. The Balaban J connectivity index is 2.14. The number of nitrogens with zero attached hydrogens (tertiary/aromatic N) is 1. The normalized spacial score (nSPS) is 22.1. The highest BCUT2D eigenvalue weighted by Crippen LogP contribution is 2.34. The van der Waals surface area contributed by atoms with Crippen molar-refractivity contribution in [2.75, 3.05) is 13.2 Å². The highest BCUT2D eigenvalue weighted by Gasteiger charge is 2.47. The molecule has 20 heavy (non-hydrogen) atoms. The molecule has 0 bridgehead atoms. The van der Waals surface area contributed by atoms with Gasteiger partial charge in [-0.2, -0.15) is 0 Å². The van der Waals surface area contributed by atoms with Crippen LogP contribution in [0.1, 0.15) is 31.7 Å². The van der Waals surface area contributed by atoms with Crippen molar-refractivity contribution in [3.63, 3.8) is 0 Å². The second kappa shape index (κ2) is 6.50. The van der Waals surface area contributed by atoms with E-state index in [9.17, 15) is 9.59 Å². The van der Waals surface area contributed by atoms with E-state index in [4.69, 9.17) is 4.74 Å². The van der Waals surface area contributed by atoms with Gasteiger partial charge in [0.1, 0.15) is 5.41 Å². The molecule has 1 N–H and O–H groups in total. The molecule has 1 unspecified atom stereocenters. The maximum Gasteiger partial charge on any atom is 0.321 e. The predicted octanol–water partition coefficient (Wildman–Crippen LogP) is 1.47. The Morgan fingerprint density at radius 2 is 2.20 bits per heavy atom. The molecule has 1 fully saturated rings. The lowest BCUT2D eigenvalue weighted by molar-refractivity contribution is -0.163. The molecular weight excluding hydrogens is 256 g/mol. The van der Waals surface area contributed by atoms with Crippen LogP contribution in [0.4, 0.5) is 0 Å². The molecule has 0 aromatic carbocycles. The average Bonchev–Trinajstić information content (AvgIpc) is 2.48. The molecule has 1 atom stereocenters. The van der Waals surface area contributed by atoms with E-state index in [0.717, 1.165) is 12.0 Å². The van der Waals surface area contributed by atoms with Crippen molar-refractivity contribution in [3.8, 4) is 0 Å². The number of esters is 1. The van der Waals surface area contributed by atoms with Gasteiger partial charge in [0, 0.05) is 18.9 Å². The fourth-order valence-electron chi connectivity index (χ4n) is 2.59. The first-order valence-corrected chi connectivity index (χ1v) is 7.03. The minimum absolute atomic E-state index is 0.198. The Labute approximate surface area is 118 Å². The lowest BCUT2D eigenvalue weighted by atomic mass is 9.75. The first kappa shape index (κ1) is 14.5. The van der Waals surface area contributed by atoms with Crippen molar-refractivity contribution < 1.29 is 14.3 Å². The van der Waals surface area contributed by atoms with E-state index >= 15 is 0 Å². The summed E-state index contributed by atoms with van der Waals surface area (Å²) in [5.74, 6) is -0.595. The Kier molecular flexibility index (Phi) is 4.71. The lowest BCUT2D eigenvalue weighted by Gasteiger charge is -2.33. The van der Waals surface area contributed by atoms with Crippen molar-refractivity contribution >= 4 is 11.9 Å². The van der Waals surface area contributed by atoms with Crippen LogP contribution in [0, 0.1) is 5.41 Å². The van der Waals surface area contributed by atoms with Crippen LogP contribution < -0.4 is 5.32 Å². The molecule has 0 radical (unpaired) electrons. The van der Waals surface area contributed by atoms with Crippen molar-refractivity contribution in [1.82, 2.24) is 10.3 Å². The van der Waals surface area contributed by atoms with Crippen LogP contribution in [-0.4, -0.2) is 30.0 Å². The standard InChI is InChI=1S/C15H20N2O3/c1-2-20-14(19)15(7-3-9-17-13(15)18)8-4-12-5-10-16-11-6-12/h5-6,10-11H,2-4,7-9H2,1H3,(H,17,18). The molecule has 1 aromatic rings. The predicted molar refractivity (Wildman–Crippen MR) is 73.9 cm³/mol. The summed E-state index contributed by atoms with van der Waals surface area (Å²) in [6, 6.07) is 3.80. The molecule has 1 aliphatic heterocycles. The number of piperidine rings is 1. The number of nitrogens with one attached hydrogen (secondary N) is 1. The van der Waals surface area contributed by atoms with Crippen LogP contribution in [0.3, 0.4) is 0 Å². The van der Waals surface area contributed by atoms with E-state index < -0.39 is 11.4 Å². The van der Waals surface area contributed by atoms with Gasteiger partial charge in [0.05, 0.1) is 6.61 Å². The molecule has 0 spiro atoms. The largest absolute Gasteiger partial charge is 0.465 e. The van der Waals surface area contributed by atoms with Crippen LogP contribution in [0.5, 0.6) is 0 Å². The number of carbonyl (C=O) groups excluding carboxylic acids is 2. The minimum atomic E-state index is -1.03. The molecule has 2 rings (SSSR count). The van der Waals surface area contributed by atoms with E-state index in [0.29, 0.717) is 32.4 Å². The van der Waals surface area contributed by atoms with Gasteiger partial charge < -0.3 is 10.1 Å². The highest BCUT2D eigenvalue weighted by atomic mass is 16.5. The van der Waals surface area contributed by atoms with E-state index in [1.807, 2.05) is 12.1 Å². The third kappa shape index (κ3) is 2.98. The Bertz CT molecular complexity index is 475. The summed E-state index contributed by atoms with van der Waals surface area (Å²) in [7, 11) is 0. The summed E-state index contributed by atoms with van der Waals surface area (Å²) in [6.45, 7) is 2.69. The summed E-state index contributed by atoms with van der Waals surface area (Å²) in [6.07, 6.45) is 5.93. The summed E-state index contributed by atoms with van der Waals surface area (Å²) in [4.78, 5) is 28.5. The van der Waals surface area contributed by atoms with Crippen molar-refractivity contribution in [1.29, 1.82) is 0 Å². The first-order valence-electron chi connectivity index (χ1n) is 7.03. The summed E-state index contributed by atoms with van der Waals surface area (Å²) >= 11 is 0. The van der Waals surface area contributed by atoms with Gasteiger partial charge in [-0.05, 0) is 50.3 Å². The summed E-state index contributed by atoms with van der Waals surface area (Å²) < 4.78 is 5.13. The zero-order chi connectivity index (χ0) is 14.4. The number of amides is 1. The molecule has 108 valence electrons. The third-order valence-electron chi connectivity index (χ3n) is 3.76. The number of aromatic nitrogens is 1. The molecule has 1 aromatic heterocycles. The van der Waals surface area contributed by atoms with Gasteiger partial charge in [0.2, 0.25) is 5.91 Å². The number of ether oxygens (including phenoxy) is 1. The smallest absolute Gasteiger partial charge is 0.321 e. The Morgan fingerprint density at radius 1 is 1.45 bits per heavy atom. The average molecular weight is 276 g/mol.